The third kappa shape index (κ3) is 3.04. The van der Waals surface area contributed by atoms with E-state index in [1.165, 1.54) is 17.7 Å². The fourth-order valence-electron chi connectivity index (χ4n) is 4.93. The lowest BCUT2D eigenvalue weighted by molar-refractivity contribution is 0.228. The van der Waals surface area contributed by atoms with Crippen LogP contribution in [0.4, 0.5) is 10.1 Å². The molecule has 0 bridgehead atoms. The SMILES string of the molecule is NC1CN(c2ccc3c(c2)Cn2cc(-c4ccc(F)cc4)cc2-c2nccn2-3)C[C@H]1CO. The van der Waals surface area contributed by atoms with E-state index >= 15 is 0 Å². The molecule has 0 aliphatic carbocycles. The standard InChI is InChI=1S/C25H24FN5O/c26-20-3-1-16(2-4-20)17-10-24-25-28-7-8-31(25)23-6-5-21(9-18(23)12-30(24)11-17)29-13-19(15-32)22(27)14-29/h1-11,19,22,32H,12-15,27H2/t19-,22?/m0/s1. The Labute approximate surface area is 185 Å². The third-order valence-electron chi connectivity index (χ3n) is 6.70. The average molecular weight is 429 g/mol. The zero-order valence-electron chi connectivity index (χ0n) is 17.5. The first kappa shape index (κ1) is 19.3. The molecule has 2 aromatic carbocycles. The second-order valence-electron chi connectivity index (χ2n) is 8.69. The normalized spacial score (nSPS) is 19.4. The highest BCUT2D eigenvalue weighted by atomic mass is 19.1. The number of rotatable bonds is 3. The highest BCUT2D eigenvalue weighted by Crippen LogP contribution is 2.36. The summed E-state index contributed by atoms with van der Waals surface area (Å²) >= 11 is 0. The summed E-state index contributed by atoms with van der Waals surface area (Å²) < 4.78 is 17.7. The molecule has 6 nitrogen and oxygen atoms in total. The van der Waals surface area contributed by atoms with Crippen LogP contribution < -0.4 is 10.6 Å². The second kappa shape index (κ2) is 7.32. The van der Waals surface area contributed by atoms with E-state index in [-0.39, 0.29) is 24.4 Å². The number of nitrogens with two attached hydrogens (primary N) is 1. The van der Waals surface area contributed by atoms with Gasteiger partial charge in [-0.05, 0) is 47.5 Å². The molecule has 2 aliphatic heterocycles. The first-order chi connectivity index (χ1) is 15.6. The first-order valence-electron chi connectivity index (χ1n) is 10.9. The van der Waals surface area contributed by atoms with Gasteiger partial charge in [0.25, 0.3) is 0 Å². The van der Waals surface area contributed by atoms with E-state index < -0.39 is 0 Å². The van der Waals surface area contributed by atoms with Crippen molar-refractivity contribution in [1.82, 2.24) is 14.1 Å². The van der Waals surface area contributed by atoms with Crippen LogP contribution in [-0.4, -0.2) is 45.0 Å². The lowest BCUT2D eigenvalue weighted by atomic mass is 10.1. The van der Waals surface area contributed by atoms with E-state index in [1.807, 2.05) is 12.4 Å². The summed E-state index contributed by atoms with van der Waals surface area (Å²) in [6.07, 6.45) is 5.91. The molecule has 1 unspecified atom stereocenters. The Bertz CT molecular complexity index is 1290. The number of aliphatic hydroxyl groups is 1. The average Bonchev–Trinajstić information content (AvgIpc) is 3.51. The van der Waals surface area contributed by atoms with Gasteiger partial charge in [-0.15, -0.1) is 0 Å². The fraction of sp³-hybridized carbons (Fsp3) is 0.240. The Hall–Kier alpha value is -3.42. The Balaban J connectivity index is 1.42. The molecule has 2 aromatic heterocycles. The van der Waals surface area contributed by atoms with Crippen LogP contribution in [0.2, 0.25) is 0 Å². The van der Waals surface area contributed by atoms with Gasteiger partial charge in [0.2, 0.25) is 0 Å². The first-order valence-corrected chi connectivity index (χ1v) is 10.9. The molecule has 0 radical (unpaired) electrons. The van der Waals surface area contributed by atoms with Crippen LogP contribution >= 0.6 is 0 Å². The zero-order valence-corrected chi connectivity index (χ0v) is 17.5. The summed E-state index contributed by atoms with van der Waals surface area (Å²) in [5, 5.41) is 9.60. The minimum absolute atomic E-state index is 0.0200. The van der Waals surface area contributed by atoms with Crippen molar-refractivity contribution in [3.05, 3.63) is 78.5 Å². The van der Waals surface area contributed by atoms with Crippen molar-refractivity contribution >= 4 is 5.69 Å². The summed E-state index contributed by atoms with van der Waals surface area (Å²) in [7, 11) is 0. The number of anilines is 1. The Morgan fingerprint density at radius 2 is 1.91 bits per heavy atom. The van der Waals surface area contributed by atoms with E-state index in [0.29, 0.717) is 6.54 Å². The maximum Gasteiger partial charge on any atom is 0.161 e. The molecule has 162 valence electrons. The summed E-state index contributed by atoms with van der Waals surface area (Å²) in [5.41, 5.74) is 12.7. The molecular weight excluding hydrogens is 405 g/mol. The van der Waals surface area contributed by atoms with Crippen LogP contribution in [-0.2, 0) is 6.54 Å². The number of fused-ring (bicyclic) bond motifs is 5. The van der Waals surface area contributed by atoms with Crippen LogP contribution in [0.25, 0.3) is 28.3 Å². The summed E-state index contributed by atoms with van der Waals surface area (Å²) in [6.45, 7) is 2.31. The van der Waals surface area contributed by atoms with E-state index in [9.17, 15) is 9.50 Å². The smallest absolute Gasteiger partial charge is 0.161 e. The van der Waals surface area contributed by atoms with Gasteiger partial charge < -0.3 is 20.3 Å². The van der Waals surface area contributed by atoms with Crippen molar-refractivity contribution in [1.29, 1.82) is 0 Å². The lowest BCUT2D eigenvalue weighted by Crippen LogP contribution is -2.31. The highest BCUT2D eigenvalue weighted by Gasteiger charge is 2.30. The van der Waals surface area contributed by atoms with E-state index in [2.05, 4.69) is 49.5 Å². The monoisotopic (exact) mass is 429 g/mol. The molecule has 0 saturated carbocycles. The Morgan fingerprint density at radius 3 is 2.69 bits per heavy atom. The Morgan fingerprint density at radius 1 is 1.06 bits per heavy atom. The van der Waals surface area contributed by atoms with Crippen LogP contribution in [0.15, 0.2) is 67.1 Å². The second-order valence-corrected chi connectivity index (χ2v) is 8.69. The van der Waals surface area contributed by atoms with Crippen molar-refractivity contribution in [2.24, 2.45) is 11.7 Å². The van der Waals surface area contributed by atoms with Gasteiger partial charge in [-0.25, -0.2) is 9.37 Å². The highest BCUT2D eigenvalue weighted by molar-refractivity contribution is 5.72. The van der Waals surface area contributed by atoms with Crippen LogP contribution in [0.1, 0.15) is 5.56 Å². The minimum Gasteiger partial charge on any atom is -0.396 e. The number of hydrogen-bond donors (Lipinski definition) is 2. The molecule has 0 spiro atoms. The summed E-state index contributed by atoms with van der Waals surface area (Å²) in [6, 6.07) is 15.2. The minimum atomic E-state index is -0.239. The predicted octanol–water partition coefficient (Wildman–Crippen LogP) is 3.26. The molecule has 1 fully saturated rings. The topological polar surface area (TPSA) is 72.2 Å². The molecule has 32 heavy (non-hydrogen) atoms. The van der Waals surface area contributed by atoms with E-state index in [4.69, 9.17) is 5.73 Å². The van der Waals surface area contributed by atoms with Crippen LogP contribution in [0, 0.1) is 11.7 Å². The summed E-state index contributed by atoms with van der Waals surface area (Å²) in [4.78, 5) is 6.89. The van der Waals surface area contributed by atoms with Crippen molar-refractivity contribution in [3.8, 4) is 28.3 Å². The lowest BCUT2D eigenvalue weighted by Gasteiger charge is -2.21. The zero-order chi connectivity index (χ0) is 21.8. The summed E-state index contributed by atoms with van der Waals surface area (Å²) in [5.74, 6) is 0.744. The molecule has 3 N–H and O–H groups in total. The van der Waals surface area contributed by atoms with Gasteiger partial charge in [-0.2, -0.15) is 0 Å². The maximum atomic E-state index is 13.4. The van der Waals surface area contributed by atoms with Crippen LogP contribution in [0.3, 0.4) is 0 Å². The number of benzene rings is 2. The van der Waals surface area contributed by atoms with Crippen molar-refractivity contribution in [3.63, 3.8) is 0 Å². The van der Waals surface area contributed by atoms with Gasteiger partial charge in [0.1, 0.15) is 5.82 Å². The number of nitrogens with zero attached hydrogens (tertiary/aromatic N) is 4. The molecular formula is C25H24FN5O. The van der Waals surface area contributed by atoms with Gasteiger partial charge in [0.05, 0.1) is 11.4 Å². The van der Waals surface area contributed by atoms with Crippen LogP contribution in [0.5, 0.6) is 0 Å². The molecule has 4 aromatic rings. The van der Waals surface area contributed by atoms with Crippen molar-refractivity contribution < 1.29 is 9.50 Å². The molecule has 4 heterocycles. The molecule has 7 heteroatoms. The molecule has 1 saturated heterocycles. The number of aliphatic hydroxyl groups excluding tert-OH is 1. The maximum absolute atomic E-state index is 13.4. The van der Waals surface area contributed by atoms with E-state index in [1.54, 1.807) is 12.1 Å². The largest absolute Gasteiger partial charge is 0.396 e. The molecule has 2 atom stereocenters. The van der Waals surface area contributed by atoms with Gasteiger partial charge in [-0.3, -0.25) is 4.57 Å². The number of hydrogen-bond acceptors (Lipinski definition) is 4. The van der Waals surface area contributed by atoms with Crippen molar-refractivity contribution in [2.45, 2.75) is 12.6 Å². The van der Waals surface area contributed by atoms with Gasteiger partial charge in [-0.1, -0.05) is 12.1 Å². The Kier molecular flexibility index (Phi) is 4.41. The van der Waals surface area contributed by atoms with Crippen molar-refractivity contribution in [2.75, 3.05) is 24.6 Å². The molecule has 6 rings (SSSR count). The van der Waals surface area contributed by atoms with Gasteiger partial charge in [0.15, 0.2) is 5.82 Å². The fourth-order valence-corrected chi connectivity index (χ4v) is 4.93. The van der Waals surface area contributed by atoms with Gasteiger partial charge in [0, 0.05) is 68.0 Å². The number of imidazole rings is 1. The molecule has 0 amide bonds. The van der Waals surface area contributed by atoms with E-state index in [0.717, 1.165) is 47.1 Å². The number of aromatic nitrogens is 3. The predicted molar refractivity (Wildman–Crippen MR) is 122 cm³/mol. The van der Waals surface area contributed by atoms with Gasteiger partial charge >= 0.3 is 0 Å². The molecule has 2 aliphatic rings. The third-order valence-corrected chi connectivity index (χ3v) is 6.70. The number of halogens is 1. The quantitative estimate of drug-likeness (QED) is 0.462.